The van der Waals surface area contributed by atoms with E-state index in [0.717, 1.165) is 22.7 Å². The largest absolute Gasteiger partial charge is 0.376 e. The lowest BCUT2D eigenvalue weighted by Crippen LogP contribution is -2.43. The predicted octanol–water partition coefficient (Wildman–Crippen LogP) is 3.45. The van der Waals surface area contributed by atoms with E-state index < -0.39 is 15.9 Å². The van der Waals surface area contributed by atoms with Crippen molar-refractivity contribution in [3.05, 3.63) is 58.6 Å². The summed E-state index contributed by atoms with van der Waals surface area (Å²) in [5.41, 5.74) is 2.03. The summed E-state index contributed by atoms with van der Waals surface area (Å²) in [6.07, 6.45) is 1.84. The number of sulfonamides is 1. The highest BCUT2D eigenvalue weighted by molar-refractivity contribution is 7.92. The van der Waals surface area contributed by atoms with Crippen molar-refractivity contribution in [1.29, 1.82) is 0 Å². The summed E-state index contributed by atoms with van der Waals surface area (Å²) in [5.74, 6) is -0.393. The van der Waals surface area contributed by atoms with Crippen molar-refractivity contribution in [3.8, 4) is 0 Å². The van der Waals surface area contributed by atoms with Crippen LogP contribution in [-0.4, -0.2) is 40.1 Å². The summed E-state index contributed by atoms with van der Waals surface area (Å²) < 4.78 is 33.4. The van der Waals surface area contributed by atoms with Crippen LogP contribution in [0.25, 0.3) is 0 Å². The first kappa shape index (κ1) is 21.6. The molecule has 29 heavy (non-hydrogen) atoms. The van der Waals surface area contributed by atoms with Gasteiger partial charge in [-0.2, -0.15) is 0 Å². The highest BCUT2D eigenvalue weighted by atomic mass is 35.5. The molecule has 1 aliphatic heterocycles. The minimum absolute atomic E-state index is 0.0194. The van der Waals surface area contributed by atoms with Crippen molar-refractivity contribution in [2.45, 2.75) is 37.7 Å². The van der Waals surface area contributed by atoms with Crippen LogP contribution in [0, 0.1) is 13.8 Å². The van der Waals surface area contributed by atoms with E-state index in [9.17, 15) is 13.2 Å². The van der Waals surface area contributed by atoms with Crippen LogP contribution in [0.2, 0.25) is 5.02 Å². The molecule has 1 atom stereocenters. The van der Waals surface area contributed by atoms with Crippen LogP contribution < -0.4 is 9.62 Å². The first-order chi connectivity index (χ1) is 13.8. The number of hydrogen-bond acceptors (Lipinski definition) is 4. The Balaban J connectivity index is 1.90. The Bertz CT molecular complexity index is 971. The third kappa shape index (κ3) is 5.29. The second kappa shape index (κ2) is 9.15. The summed E-state index contributed by atoms with van der Waals surface area (Å²) in [4.78, 5) is 12.7. The molecule has 8 heteroatoms. The Labute approximate surface area is 176 Å². The topological polar surface area (TPSA) is 75.7 Å². The van der Waals surface area contributed by atoms with E-state index in [-0.39, 0.29) is 17.5 Å². The zero-order valence-corrected chi connectivity index (χ0v) is 18.1. The molecule has 1 aliphatic rings. The summed E-state index contributed by atoms with van der Waals surface area (Å²) in [7, 11) is -3.96. The Morgan fingerprint density at radius 1 is 1.21 bits per heavy atom. The Hall–Kier alpha value is -2.09. The van der Waals surface area contributed by atoms with Gasteiger partial charge in [0.25, 0.3) is 10.0 Å². The summed E-state index contributed by atoms with van der Waals surface area (Å²) in [5, 5.41) is 3.19. The number of carbonyl (C=O) groups is 1. The van der Waals surface area contributed by atoms with Crippen molar-refractivity contribution in [2.75, 3.05) is 24.0 Å². The highest BCUT2D eigenvalue weighted by Crippen LogP contribution is 2.29. The molecule has 2 aromatic carbocycles. The normalized spacial score (nSPS) is 16.6. The van der Waals surface area contributed by atoms with Crippen LogP contribution in [0.3, 0.4) is 0 Å². The average Bonchev–Trinajstić information content (AvgIpc) is 3.20. The molecule has 1 N–H and O–H groups in total. The molecule has 6 nitrogen and oxygen atoms in total. The molecule has 3 rings (SSSR count). The van der Waals surface area contributed by atoms with E-state index in [0.29, 0.717) is 29.4 Å². The SMILES string of the molecule is Cc1ccc(S(=O)(=O)N(CC(=O)NC[C@H]2CCCO2)c2cc(Cl)ccc2C)cc1. The van der Waals surface area contributed by atoms with Crippen molar-refractivity contribution < 1.29 is 17.9 Å². The van der Waals surface area contributed by atoms with Gasteiger partial charge in [-0.25, -0.2) is 8.42 Å². The Morgan fingerprint density at radius 3 is 2.59 bits per heavy atom. The van der Waals surface area contributed by atoms with Gasteiger partial charge in [0.1, 0.15) is 6.54 Å². The molecule has 156 valence electrons. The number of aryl methyl sites for hydroxylation is 2. The van der Waals surface area contributed by atoms with E-state index in [1.807, 2.05) is 6.92 Å². The van der Waals surface area contributed by atoms with Gasteiger partial charge in [-0.15, -0.1) is 0 Å². The summed E-state index contributed by atoms with van der Waals surface area (Å²) >= 11 is 6.12. The van der Waals surface area contributed by atoms with Gasteiger partial charge in [-0.05, 0) is 56.5 Å². The van der Waals surface area contributed by atoms with Crippen molar-refractivity contribution in [1.82, 2.24) is 5.32 Å². The van der Waals surface area contributed by atoms with E-state index in [1.165, 1.54) is 0 Å². The molecule has 2 aromatic rings. The van der Waals surface area contributed by atoms with Gasteiger partial charge in [0.2, 0.25) is 5.91 Å². The van der Waals surface area contributed by atoms with Gasteiger partial charge in [0, 0.05) is 18.2 Å². The third-order valence-corrected chi connectivity index (χ3v) is 6.90. The first-order valence-corrected chi connectivity index (χ1v) is 11.3. The zero-order valence-electron chi connectivity index (χ0n) is 16.5. The summed E-state index contributed by atoms with van der Waals surface area (Å²) in [6, 6.07) is 11.5. The molecule has 1 amide bonds. The van der Waals surface area contributed by atoms with Gasteiger partial charge in [-0.1, -0.05) is 35.4 Å². The van der Waals surface area contributed by atoms with E-state index in [2.05, 4.69) is 5.32 Å². The predicted molar refractivity (Wildman–Crippen MR) is 114 cm³/mol. The van der Waals surface area contributed by atoms with Gasteiger partial charge in [0.05, 0.1) is 16.7 Å². The number of amides is 1. The van der Waals surface area contributed by atoms with Crippen LogP contribution in [-0.2, 0) is 19.6 Å². The zero-order chi connectivity index (χ0) is 21.0. The van der Waals surface area contributed by atoms with Crippen LogP contribution in [0.15, 0.2) is 47.4 Å². The monoisotopic (exact) mass is 436 g/mol. The number of halogens is 1. The number of hydrogen-bond donors (Lipinski definition) is 1. The molecule has 1 fully saturated rings. The van der Waals surface area contributed by atoms with Crippen LogP contribution >= 0.6 is 11.6 Å². The Morgan fingerprint density at radius 2 is 1.93 bits per heavy atom. The smallest absolute Gasteiger partial charge is 0.264 e. The molecule has 1 heterocycles. The third-order valence-electron chi connectivity index (χ3n) is 4.89. The molecule has 0 aliphatic carbocycles. The summed E-state index contributed by atoms with van der Waals surface area (Å²) in [6.45, 7) is 4.38. The van der Waals surface area contributed by atoms with Crippen LogP contribution in [0.1, 0.15) is 24.0 Å². The second-order valence-electron chi connectivity index (χ2n) is 7.19. The van der Waals surface area contributed by atoms with E-state index in [4.69, 9.17) is 16.3 Å². The fourth-order valence-corrected chi connectivity index (χ4v) is 4.85. The molecule has 0 spiro atoms. The number of rotatable bonds is 7. The maximum absolute atomic E-state index is 13.4. The fourth-order valence-electron chi connectivity index (χ4n) is 3.21. The van der Waals surface area contributed by atoms with Crippen molar-refractivity contribution >= 4 is 33.2 Å². The molecule has 0 bridgehead atoms. The Kier molecular flexibility index (Phi) is 6.82. The van der Waals surface area contributed by atoms with Gasteiger partial charge >= 0.3 is 0 Å². The maximum atomic E-state index is 13.4. The van der Waals surface area contributed by atoms with E-state index in [1.54, 1.807) is 49.4 Å². The quantitative estimate of drug-likeness (QED) is 0.721. The van der Waals surface area contributed by atoms with Crippen LogP contribution in [0.4, 0.5) is 5.69 Å². The number of nitrogens with one attached hydrogen (secondary N) is 1. The second-order valence-corrected chi connectivity index (χ2v) is 9.49. The molecular weight excluding hydrogens is 412 g/mol. The van der Waals surface area contributed by atoms with Crippen molar-refractivity contribution in [2.24, 2.45) is 0 Å². The molecular formula is C21H25ClN2O4S. The number of nitrogens with zero attached hydrogens (tertiary/aromatic N) is 1. The molecule has 1 saturated heterocycles. The number of anilines is 1. The lowest BCUT2D eigenvalue weighted by atomic mass is 10.2. The highest BCUT2D eigenvalue weighted by Gasteiger charge is 2.29. The van der Waals surface area contributed by atoms with E-state index >= 15 is 0 Å². The average molecular weight is 437 g/mol. The molecule has 0 saturated carbocycles. The minimum atomic E-state index is -3.96. The number of carbonyl (C=O) groups excluding carboxylic acids is 1. The lowest BCUT2D eigenvalue weighted by molar-refractivity contribution is -0.120. The van der Waals surface area contributed by atoms with Gasteiger partial charge < -0.3 is 10.1 Å². The van der Waals surface area contributed by atoms with Gasteiger partial charge in [-0.3, -0.25) is 9.10 Å². The van der Waals surface area contributed by atoms with Gasteiger partial charge in [0.15, 0.2) is 0 Å². The molecule has 0 radical (unpaired) electrons. The van der Waals surface area contributed by atoms with Crippen molar-refractivity contribution in [3.63, 3.8) is 0 Å². The minimum Gasteiger partial charge on any atom is -0.376 e. The number of ether oxygens (including phenoxy) is 1. The molecule has 0 unspecified atom stereocenters. The number of benzene rings is 2. The molecule has 0 aromatic heterocycles. The fraction of sp³-hybridized carbons (Fsp3) is 0.381. The standard InChI is InChI=1S/C21H25ClN2O4S/c1-15-5-9-19(10-6-15)29(26,27)24(20-12-17(22)8-7-16(20)2)14-21(25)23-13-18-4-3-11-28-18/h5-10,12,18H,3-4,11,13-14H2,1-2H3,(H,23,25)/t18-/m1/s1. The van der Waals surface area contributed by atoms with Crippen LogP contribution in [0.5, 0.6) is 0 Å². The maximum Gasteiger partial charge on any atom is 0.264 e. The lowest BCUT2D eigenvalue weighted by Gasteiger charge is -2.26. The first-order valence-electron chi connectivity index (χ1n) is 9.51.